The van der Waals surface area contributed by atoms with Crippen LogP contribution in [0, 0.1) is 0 Å². The largest absolute Gasteiger partial charge is 0.453 e. The van der Waals surface area contributed by atoms with Gasteiger partial charge in [-0.25, -0.2) is 0 Å². The number of furan rings is 1. The lowest BCUT2D eigenvalue weighted by Gasteiger charge is -2.15. The van der Waals surface area contributed by atoms with Crippen molar-refractivity contribution in [1.29, 1.82) is 0 Å². The highest BCUT2D eigenvalue weighted by Crippen LogP contribution is 2.27. The fourth-order valence-corrected chi connectivity index (χ4v) is 1.90. The van der Waals surface area contributed by atoms with Crippen LogP contribution in [0.3, 0.4) is 0 Å². The lowest BCUT2D eigenvalue weighted by Crippen LogP contribution is -2.24. The molecular formula is C9H12BrNO2. The number of hydrogen-bond donors (Lipinski definition) is 1. The Kier molecular flexibility index (Phi) is 2.71. The van der Waals surface area contributed by atoms with Gasteiger partial charge in [-0.3, -0.25) is 0 Å². The van der Waals surface area contributed by atoms with Crippen molar-refractivity contribution in [3.63, 3.8) is 0 Å². The summed E-state index contributed by atoms with van der Waals surface area (Å²) in [5.41, 5.74) is 5.97. The van der Waals surface area contributed by atoms with Crippen molar-refractivity contribution in [3.8, 4) is 0 Å². The number of nitrogens with two attached hydrogens (primary N) is 1. The summed E-state index contributed by atoms with van der Waals surface area (Å²) >= 11 is 3.25. The van der Waals surface area contributed by atoms with Gasteiger partial charge in [0.2, 0.25) is 0 Å². The number of hydrogen-bond acceptors (Lipinski definition) is 3. The van der Waals surface area contributed by atoms with E-state index in [2.05, 4.69) is 15.9 Å². The zero-order valence-electron chi connectivity index (χ0n) is 7.20. The zero-order chi connectivity index (χ0) is 9.26. The molecule has 0 aromatic carbocycles. The molecular weight excluding hydrogens is 234 g/mol. The van der Waals surface area contributed by atoms with Gasteiger partial charge >= 0.3 is 0 Å². The maximum Gasteiger partial charge on any atom is 0.169 e. The molecule has 13 heavy (non-hydrogen) atoms. The average Bonchev–Trinajstić information content (AvgIpc) is 2.72. The highest BCUT2D eigenvalue weighted by atomic mass is 79.9. The van der Waals surface area contributed by atoms with Crippen LogP contribution in [-0.4, -0.2) is 12.7 Å². The molecule has 0 bridgehead atoms. The van der Waals surface area contributed by atoms with E-state index in [4.69, 9.17) is 14.9 Å². The smallest absolute Gasteiger partial charge is 0.169 e. The van der Waals surface area contributed by atoms with E-state index in [1.807, 2.05) is 12.1 Å². The second kappa shape index (κ2) is 3.82. The molecule has 1 aromatic heterocycles. The molecule has 1 aliphatic heterocycles. The fourth-order valence-electron chi connectivity index (χ4n) is 1.58. The van der Waals surface area contributed by atoms with Gasteiger partial charge in [0.05, 0.1) is 12.1 Å². The molecule has 1 saturated heterocycles. The minimum atomic E-state index is -0.131. The summed E-state index contributed by atoms with van der Waals surface area (Å²) < 4.78 is 11.6. The van der Waals surface area contributed by atoms with Gasteiger partial charge in [-0.2, -0.15) is 0 Å². The highest BCUT2D eigenvalue weighted by molar-refractivity contribution is 9.10. The topological polar surface area (TPSA) is 48.4 Å². The average molecular weight is 246 g/mol. The monoisotopic (exact) mass is 245 g/mol. The van der Waals surface area contributed by atoms with Gasteiger partial charge in [0.25, 0.3) is 0 Å². The lowest BCUT2D eigenvalue weighted by atomic mass is 10.1. The van der Waals surface area contributed by atoms with Gasteiger partial charge in [-0.1, -0.05) is 0 Å². The first-order chi connectivity index (χ1) is 6.27. The number of halogens is 1. The van der Waals surface area contributed by atoms with Crippen molar-refractivity contribution in [2.45, 2.75) is 25.0 Å². The predicted octanol–water partition coefficient (Wildman–Crippen LogP) is 2.22. The quantitative estimate of drug-likeness (QED) is 0.870. The Morgan fingerprint density at radius 1 is 1.54 bits per heavy atom. The maximum atomic E-state index is 5.97. The maximum absolute atomic E-state index is 5.97. The molecule has 0 spiro atoms. The Morgan fingerprint density at radius 3 is 2.92 bits per heavy atom. The Morgan fingerprint density at radius 2 is 2.38 bits per heavy atom. The first-order valence-electron chi connectivity index (χ1n) is 4.40. The molecule has 1 aliphatic rings. The van der Waals surface area contributed by atoms with Gasteiger partial charge in [0.15, 0.2) is 4.67 Å². The van der Waals surface area contributed by atoms with Gasteiger partial charge in [0.1, 0.15) is 5.76 Å². The van der Waals surface area contributed by atoms with E-state index in [-0.39, 0.29) is 12.1 Å². The molecule has 1 aromatic rings. The van der Waals surface area contributed by atoms with Crippen LogP contribution >= 0.6 is 15.9 Å². The molecule has 0 radical (unpaired) electrons. The standard InChI is InChI=1S/C9H12BrNO2/c10-8-4-3-7(13-8)9(11)6-2-1-5-12-6/h3-4,6,9H,1-2,5,11H2. The van der Waals surface area contributed by atoms with Crippen LogP contribution in [0.4, 0.5) is 0 Å². The van der Waals surface area contributed by atoms with Crippen LogP contribution in [-0.2, 0) is 4.74 Å². The lowest BCUT2D eigenvalue weighted by molar-refractivity contribution is 0.0835. The molecule has 2 atom stereocenters. The van der Waals surface area contributed by atoms with Gasteiger partial charge in [0, 0.05) is 6.61 Å². The molecule has 0 amide bonds. The van der Waals surface area contributed by atoms with Crippen LogP contribution in [0.25, 0.3) is 0 Å². The SMILES string of the molecule is NC(c1ccc(Br)o1)C1CCCO1. The molecule has 0 saturated carbocycles. The third-order valence-corrected chi connectivity index (χ3v) is 2.71. The fraction of sp³-hybridized carbons (Fsp3) is 0.556. The van der Waals surface area contributed by atoms with Crippen LogP contribution in [0.5, 0.6) is 0 Å². The summed E-state index contributed by atoms with van der Waals surface area (Å²) in [7, 11) is 0. The summed E-state index contributed by atoms with van der Waals surface area (Å²) in [4.78, 5) is 0. The van der Waals surface area contributed by atoms with Crippen LogP contribution < -0.4 is 5.73 Å². The summed E-state index contributed by atoms with van der Waals surface area (Å²) in [5, 5.41) is 0. The Hall–Kier alpha value is -0.320. The van der Waals surface area contributed by atoms with E-state index in [0.29, 0.717) is 0 Å². The molecule has 0 aliphatic carbocycles. The van der Waals surface area contributed by atoms with E-state index in [1.165, 1.54) is 0 Å². The van der Waals surface area contributed by atoms with Crippen LogP contribution in [0.15, 0.2) is 21.2 Å². The summed E-state index contributed by atoms with van der Waals surface area (Å²) in [6.45, 7) is 0.820. The number of ether oxygens (including phenoxy) is 1. The molecule has 4 heteroatoms. The molecule has 3 nitrogen and oxygen atoms in total. The molecule has 1 fully saturated rings. The molecule has 2 N–H and O–H groups in total. The molecule has 72 valence electrons. The van der Waals surface area contributed by atoms with E-state index in [9.17, 15) is 0 Å². The summed E-state index contributed by atoms with van der Waals surface area (Å²) in [6, 6.07) is 3.61. The predicted molar refractivity (Wildman–Crippen MR) is 52.3 cm³/mol. The second-order valence-electron chi connectivity index (χ2n) is 3.22. The van der Waals surface area contributed by atoms with Gasteiger partial charge in [-0.05, 0) is 40.9 Å². The summed E-state index contributed by atoms with van der Waals surface area (Å²) in [5.74, 6) is 0.791. The Bertz CT molecular complexity index is 281. The Labute approximate surface area is 85.4 Å². The van der Waals surface area contributed by atoms with Gasteiger partial charge < -0.3 is 14.9 Å². The van der Waals surface area contributed by atoms with E-state index in [1.54, 1.807) is 0 Å². The zero-order valence-corrected chi connectivity index (χ0v) is 8.79. The van der Waals surface area contributed by atoms with Crippen molar-refractivity contribution in [1.82, 2.24) is 0 Å². The first-order valence-corrected chi connectivity index (χ1v) is 5.19. The van der Waals surface area contributed by atoms with Crippen molar-refractivity contribution >= 4 is 15.9 Å². The second-order valence-corrected chi connectivity index (χ2v) is 4.00. The van der Waals surface area contributed by atoms with E-state index >= 15 is 0 Å². The Balaban J connectivity index is 2.07. The minimum Gasteiger partial charge on any atom is -0.453 e. The first kappa shape index (κ1) is 9.24. The van der Waals surface area contributed by atoms with Crippen molar-refractivity contribution in [3.05, 3.63) is 22.6 Å². The highest BCUT2D eigenvalue weighted by Gasteiger charge is 2.26. The van der Waals surface area contributed by atoms with Crippen molar-refractivity contribution in [2.75, 3.05) is 6.61 Å². The third kappa shape index (κ3) is 1.95. The summed E-state index contributed by atoms with van der Waals surface area (Å²) in [6.07, 6.45) is 2.25. The normalized spacial score (nSPS) is 24.9. The van der Waals surface area contributed by atoms with Crippen LogP contribution in [0.1, 0.15) is 24.6 Å². The van der Waals surface area contributed by atoms with E-state index < -0.39 is 0 Å². The van der Waals surface area contributed by atoms with Crippen molar-refractivity contribution in [2.24, 2.45) is 5.73 Å². The number of rotatable bonds is 2. The van der Waals surface area contributed by atoms with Crippen LogP contribution in [0.2, 0.25) is 0 Å². The molecule has 2 rings (SSSR count). The minimum absolute atomic E-state index is 0.123. The van der Waals surface area contributed by atoms with Gasteiger partial charge in [-0.15, -0.1) is 0 Å². The molecule has 2 unspecified atom stereocenters. The van der Waals surface area contributed by atoms with Crippen molar-refractivity contribution < 1.29 is 9.15 Å². The third-order valence-electron chi connectivity index (χ3n) is 2.29. The molecule has 2 heterocycles. The van der Waals surface area contributed by atoms with E-state index in [0.717, 1.165) is 29.9 Å².